The lowest BCUT2D eigenvalue weighted by Crippen LogP contribution is -2.17. The van der Waals surface area contributed by atoms with Crippen molar-refractivity contribution in [1.29, 1.82) is 0 Å². The first-order valence-corrected chi connectivity index (χ1v) is 9.10. The molecule has 7 nitrogen and oxygen atoms in total. The predicted octanol–water partition coefficient (Wildman–Crippen LogP) is 4.08. The third-order valence-corrected chi connectivity index (χ3v) is 4.50. The van der Waals surface area contributed by atoms with Gasteiger partial charge in [-0.05, 0) is 52.9 Å². The Morgan fingerprint density at radius 1 is 1.21 bits per heavy atom. The molecule has 152 valence electrons. The lowest BCUT2D eigenvalue weighted by Gasteiger charge is -2.09. The number of tetrazole rings is 1. The lowest BCUT2D eigenvalue weighted by molar-refractivity contribution is -0.274. The maximum atomic E-state index is 13.1. The van der Waals surface area contributed by atoms with E-state index < -0.39 is 18.1 Å². The van der Waals surface area contributed by atoms with E-state index in [0.29, 0.717) is 11.4 Å². The minimum absolute atomic E-state index is 0.0787. The van der Waals surface area contributed by atoms with Crippen molar-refractivity contribution in [2.24, 2.45) is 0 Å². The second kappa shape index (κ2) is 8.66. The van der Waals surface area contributed by atoms with Gasteiger partial charge in [-0.25, -0.2) is 4.39 Å². The highest BCUT2D eigenvalue weighted by atomic mass is 35.5. The Morgan fingerprint density at radius 2 is 1.93 bits per heavy atom. The van der Waals surface area contributed by atoms with Crippen LogP contribution in [-0.2, 0) is 4.79 Å². The molecule has 0 aliphatic rings. The average Bonchev–Trinajstić information content (AvgIpc) is 3.11. The van der Waals surface area contributed by atoms with E-state index in [1.165, 1.54) is 28.9 Å². The highest BCUT2D eigenvalue weighted by molar-refractivity contribution is 7.99. The summed E-state index contributed by atoms with van der Waals surface area (Å²) in [5.41, 5.74) is 0.694. The van der Waals surface area contributed by atoms with Gasteiger partial charge in [-0.2, -0.15) is 4.68 Å². The number of carbonyl (C=O) groups excluding carboxylic acids is 1. The van der Waals surface area contributed by atoms with Gasteiger partial charge in [0, 0.05) is 5.69 Å². The van der Waals surface area contributed by atoms with Gasteiger partial charge in [-0.3, -0.25) is 4.79 Å². The van der Waals surface area contributed by atoms with E-state index in [1.54, 1.807) is 0 Å². The number of hydrogen-bond donors (Lipinski definition) is 1. The summed E-state index contributed by atoms with van der Waals surface area (Å²) in [7, 11) is 0. The van der Waals surface area contributed by atoms with Crippen LogP contribution in [0.3, 0.4) is 0 Å². The molecule has 0 aliphatic heterocycles. The number of rotatable bonds is 6. The number of amides is 1. The summed E-state index contributed by atoms with van der Waals surface area (Å²) >= 11 is 6.65. The third-order valence-electron chi connectivity index (χ3n) is 3.29. The van der Waals surface area contributed by atoms with Gasteiger partial charge >= 0.3 is 6.36 Å². The van der Waals surface area contributed by atoms with E-state index in [9.17, 15) is 22.4 Å². The molecule has 3 rings (SSSR count). The molecule has 0 fully saturated rings. The topological polar surface area (TPSA) is 81.9 Å². The monoisotopic (exact) mass is 447 g/mol. The molecule has 0 saturated carbocycles. The Hall–Kier alpha value is -2.86. The Bertz CT molecular complexity index is 1010. The number of thioether (sulfide) groups is 1. The highest BCUT2D eigenvalue weighted by Crippen LogP contribution is 2.25. The first-order valence-electron chi connectivity index (χ1n) is 7.73. The fraction of sp³-hybridized carbons (Fsp3) is 0.125. The number of nitrogens with zero attached hydrogens (tertiary/aromatic N) is 4. The fourth-order valence-corrected chi connectivity index (χ4v) is 2.99. The number of ether oxygens (including phenoxy) is 1. The second-order valence-electron chi connectivity index (χ2n) is 5.38. The average molecular weight is 448 g/mol. The Kier molecular flexibility index (Phi) is 6.23. The minimum Gasteiger partial charge on any atom is -0.406 e. The van der Waals surface area contributed by atoms with Crippen LogP contribution in [0.5, 0.6) is 5.75 Å². The van der Waals surface area contributed by atoms with Crippen LogP contribution in [0.25, 0.3) is 5.69 Å². The summed E-state index contributed by atoms with van der Waals surface area (Å²) in [5, 5.41) is 13.7. The summed E-state index contributed by atoms with van der Waals surface area (Å²) in [6, 6.07) is 8.66. The van der Waals surface area contributed by atoms with E-state index in [-0.39, 0.29) is 21.7 Å². The number of aromatic nitrogens is 4. The SMILES string of the molecule is O=C(CSc1nnnn1-c1ccc(OC(F)(F)F)cc1)Nc1ccc(F)c(Cl)c1. The first-order chi connectivity index (χ1) is 13.7. The van der Waals surface area contributed by atoms with Crippen LogP contribution in [0.2, 0.25) is 5.02 Å². The number of benzene rings is 2. The Morgan fingerprint density at radius 3 is 2.59 bits per heavy atom. The van der Waals surface area contributed by atoms with Crippen LogP contribution in [0.4, 0.5) is 23.2 Å². The van der Waals surface area contributed by atoms with E-state index in [4.69, 9.17) is 11.6 Å². The van der Waals surface area contributed by atoms with Crippen LogP contribution >= 0.6 is 23.4 Å². The van der Waals surface area contributed by atoms with Gasteiger partial charge in [-0.15, -0.1) is 18.3 Å². The molecule has 0 saturated heterocycles. The smallest absolute Gasteiger partial charge is 0.406 e. The molecule has 1 heterocycles. The molecule has 29 heavy (non-hydrogen) atoms. The zero-order valence-corrected chi connectivity index (χ0v) is 15.7. The zero-order chi connectivity index (χ0) is 21.0. The summed E-state index contributed by atoms with van der Waals surface area (Å²) in [5.74, 6) is -1.49. The first kappa shape index (κ1) is 20.9. The van der Waals surface area contributed by atoms with Crippen molar-refractivity contribution in [1.82, 2.24) is 20.2 Å². The number of halogens is 5. The minimum atomic E-state index is -4.79. The quantitative estimate of drug-likeness (QED) is 0.453. The van der Waals surface area contributed by atoms with Crippen molar-refractivity contribution in [3.8, 4) is 11.4 Å². The van der Waals surface area contributed by atoms with Crippen molar-refractivity contribution in [2.45, 2.75) is 11.5 Å². The molecular formula is C16H10ClF4N5O2S. The van der Waals surface area contributed by atoms with Crippen molar-refractivity contribution in [3.05, 3.63) is 53.3 Å². The molecule has 0 spiro atoms. The summed E-state index contributed by atoms with van der Waals surface area (Å²) < 4.78 is 54.9. The largest absolute Gasteiger partial charge is 0.573 e. The van der Waals surface area contributed by atoms with E-state index >= 15 is 0 Å². The number of hydrogen-bond acceptors (Lipinski definition) is 6. The van der Waals surface area contributed by atoms with Crippen LogP contribution in [-0.4, -0.2) is 38.2 Å². The van der Waals surface area contributed by atoms with E-state index in [1.807, 2.05) is 0 Å². The summed E-state index contributed by atoms with van der Waals surface area (Å²) in [6.07, 6.45) is -4.79. The normalized spacial score (nSPS) is 11.3. The maximum Gasteiger partial charge on any atom is 0.573 e. The Labute approximate surface area is 170 Å². The third kappa shape index (κ3) is 5.81. The van der Waals surface area contributed by atoms with Crippen LogP contribution in [0.15, 0.2) is 47.6 Å². The second-order valence-corrected chi connectivity index (χ2v) is 6.73. The molecule has 13 heteroatoms. The lowest BCUT2D eigenvalue weighted by atomic mass is 10.3. The molecule has 0 unspecified atom stereocenters. The molecular weight excluding hydrogens is 438 g/mol. The van der Waals surface area contributed by atoms with Gasteiger partial charge in [0.25, 0.3) is 0 Å². The molecule has 1 amide bonds. The summed E-state index contributed by atoms with van der Waals surface area (Å²) in [6.45, 7) is 0. The summed E-state index contributed by atoms with van der Waals surface area (Å²) in [4.78, 5) is 12.1. The molecule has 1 aromatic heterocycles. The number of nitrogens with one attached hydrogen (secondary N) is 1. The number of anilines is 1. The van der Waals surface area contributed by atoms with Gasteiger partial charge in [0.15, 0.2) is 0 Å². The molecule has 3 aromatic rings. The predicted molar refractivity (Wildman–Crippen MR) is 96.6 cm³/mol. The van der Waals surface area contributed by atoms with Crippen LogP contribution in [0, 0.1) is 5.82 Å². The number of alkyl halides is 3. The Balaban J connectivity index is 1.62. The van der Waals surface area contributed by atoms with Crippen LogP contribution < -0.4 is 10.1 Å². The van der Waals surface area contributed by atoms with Gasteiger partial charge in [0.1, 0.15) is 11.6 Å². The molecule has 0 bridgehead atoms. The number of carbonyl (C=O) groups is 1. The van der Waals surface area contributed by atoms with E-state index in [2.05, 4.69) is 25.6 Å². The highest BCUT2D eigenvalue weighted by Gasteiger charge is 2.31. The molecule has 0 radical (unpaired) electrons. The van der Waals surface area contributed by atoms with Crippen molar-refractivity contribution in [3.63, 3.8) is 0 Å². The molecule has 2 aromatic carbocycles. The van der Waals surface area contributed by atoms with Crippen molar-refractivity contribution in [2.75, 3.05) is 11.1 Å². The van der Waals surface area contributed by atoms with Gasteiger partial charge < -0.3 is 10.1 Å². The fourth-order valence-electron chi connectivity index (χ4n) is 2.12. The maximum absolute atomic E-state index is 13.1. The van der Waals surface area contributed by atoms with Gasteiger partial charge in [-0.1, -0.05) is 23.4 Å². The van der Waals surface area contributed by atoms with E-state index in [0.717, 1.165) is 30.0 Å². The van der Waals surface area contributed by atoms with Crippen molar-refractivity contribution >= 4 is 35.0 Å². The van der Waals surface area contributed by atoms with Gasteiger partial charge in [0.2, 0.25) is 11.1 Å². The standard InChI is InChI=1S/C16H10ClF4N5O2S/c17-12-7-9(1-6-13(12)18)22-14(27)8-29-15-23-24-25-26(15)10-2-4-11(5-3-10)28-16(19,20)21/h1-7H,8H2,(H,22,27). The van der Waals surface area contributed by atoms with Crippen molar-refractivity contribution < 1.29 is 27.1 Å². The van der Waals surface area contributed by atoms with Crippen LogP contribution in [0.1, 0.15) is 0 Å². The zero-order valence-electron chi connectivity index (χ0n) is 14.2. The molecule has 0 aliphatic carbocycles. The van der Waals surface area contributed by atoms with Gasteiger partial charge in [0.05, 0.1) is 16.5 Å². The molecule has 0 atom stereocenters. The molecule has 1 N–H and O–H groups in total.